The molecular formula is C19H28N2O2. The summed E-state index contributed by atoms with van der Waals surface area (Å²) in [7, 11) is 1.84. The van der Waals surface area contributed by atoms with Crippen LogP contribution in [0.25, 0.3) is 0 Å². The van der Waals surface area contributed by atoms with Crippen molar-refractivity contribution in [3.05, 3.63) is 24.2 Å². The minimum Gasteiger partial charge on any atom is -0.467 e. The van der Waals surface area contributed by atoms with Crippen LogP contribution >= 0.6 is 0 Å². The first kappa shape index (κ1) is 15.1. The normalized spacial score (nSPS) is 36.0. The molecule has 0 aliphatic heterocycles. The van der Waals surface area contributed by atoms with Crippen molar-refractivity contribution in [2.75, 3.05) is 7.05 Å². The molecule has 5 rings (SSSR count). The molecule has 1 aromatic rings. The van der Waals surface area contributed by atoms with Gasteiger partial charge >= 0.3 is 6.03 Å². The molecule has 4 bridgehead atoms. The summed E-state index contributed by atoms with van der Waals surface area (Å²) in [5.41, 5.74) is 0.357. The lowest BCUT2D eigenvalue weighted by atomic mass is 9.48. The third-order valence-corrected chi connectivity index (χ3v) is 6.66. The molecular weight excluding hydrogens is 288 g/mol. The average Bonchev–Trinajstić information content (AvgIpc) is 2.98. The van der Waals surface area contributed by atoms with E-state index in [1.165, 1.54) is 38.5 Å². The standard InChI is InChI=1S/C19H28N2O2/c1-13(20-18(22)21(2)12-17-4-3-5-23-17)19-9-14-6-15(10-19)8-16(7-14)11-19/h3-5,13-16H,6-12H2,1-2H3,(H,20,22)/t13-,14?,15?,16?,19?/m0/s1. The Labute approximate surface area is 138 Å². The number of amides is 2. The predicted octanol–water partition coefficient (Wildman–Crippen LogP) is 4.03. The topological polar surface area (TPSA) is 45.5 Å². The molecule has 4 nitrogen and oxygen atoms in total. The zero-order chi connectivity index (χ0) is 16.0. The first-order valence-electron chi connectivity index (χ1n) is 9.08. The van der Waals surface area contributed by atoms with Crippen LogP contribution in [-0.4, -0.2) is 24.0 Å². The van der Waals surface area contributed by atoms with Crippen molar-refractivity contribution in [3.8, 4) is 0 Å². The number of urea groups is 1. The second-order valence-corrected chi connectivity index (χ2v) is 8.39. The summed E-state index contributed by atoms with van der Waals surface area (Å²) in [6.45, 7) is 2.75. The number of furan rings is 1. The van der Waals surface area contributed by atoms with Gasteiger partial charge in [0, 0.05) is 13.1 Å². The monoisotopic (exact) mass is 316 g/mol. The molecule has 2 amide bonds. The molecule has 4 fully saturated rings. The lowest BCUT2D eigenvalue weighted by Crippen LogP contribution is -2.57. The summed E-state index contributed by atoms with van der Waals surface area (Å²) < 4.78 is 5.34. The van der Waals surface area contributed by atoms with Gasteiger partial charge in [-0.3, -0.25) is 0 Å². The molecule has 126 valence electrons. The third kappa shape index (κ3) is 2.77. The largest absolute Gasteiger partial charge is 0.467 e. The van der Waals surface area contributed by atoms with Crippen LogP contribution < -0.4 is 5.32 Å². The highest BCUT2D eigenvalue weighted by Gasteiger charge is 2.53. The molecule has 0 spiro atoms. The zero-order valence-corrected chi connectivity index (χ0v) is 14.3. The number of hydrogen-bond donors (Lipinski definition) is 1. The quantitative estimate of drug-likeness (QED) is 0.911. The van der Waals surface area contributed by atoms with Crippen molar-refractivity contribution in [2.24, 2.45) is 23.2 Å². The van der Waals surface area contributed by atoms with E-state index in [-0.39, 0.29) is 12.1 Å². The average molecular weight is 316 g/mol. The Morgan fingerprint density at radius 3 is 2.43 bits per heavy atom. The van der Waals surface area contributed by atoms with Gasteiger partial charge in [0.05, 0.1) is 12.8 Å². The van der Waals surface area contributed by atoms with Crippen LogP contribution in [0.3, 0.4) is 0 Å². The Kier molecular flexibility index (Phi) is 3.66. The predicted molar refractivity (Wildman–Crippen MR) is 88.8 cm³/mol. The molecule has 4 saturated carbocycles. The molecule has 4 aliphatic rings. The Morgan fingerprint density at radius 1 is 1.30 bits per heavy atom. The maximum atomic E-state index is 12.5. The van der Waals surface area contributed by atoms with Gasteiger partial charge in [0.1, 0.15) is 5.76 Å². The molecule has 1 atom stereocenters. The maximum absolute atomic E-state index is 12.5. The summed E-state index contributed by atoms with van der Waals surface area (Å²) in [6, 6.07) is 4.05. The molecule has 1 N–H and O–H groups in total. The van der Waals surface area contributed by atoms with E-state index in [2.05, 4.69) is 12.2 Å². The van der Waals surface area contributed by atoms with Crippen LogP contribution in [0.2, 0.25) is 0 Å². The fourth-order valence-corrected chi connectivity index (χ4v) is 5.86. The lowest BCUT2D eigenvalue weighted by Gasteiger charge is -2.59. The van der Waals surface area contributed by atoms with Crippen molar-refractivity contribution >= 4 is 6.03 Å². The Bertz CT molecular complexity index is 531. The van der Waals surface area contributed by atoms with Crippen molar-refractivity contribution in [1.29, 1.82) is 0 Å². The molecule has 0 radical (unpaired) electrons. The van der Waals surface area contributed by atoms with Gasteiger partial charge in [-0.1, -0.05) is 0 Å². The number of carbonyl (C=O) groups excluding carboxylic acids is 1. The van der Waals surface area contributed by atoms with Crippen molar-refractivity contribution in [1.82, 2.24) is 10.2 Å². The van der Waals surface area contributed by atoms with Gasteiger partial charge in [0.25, 0.3) is 0 Å². The van der Waals surface area contributed by atoms with Crippen LogP contribution in [0, 0.1) is 23.2 Å². The molecule has 0 aromatic carbocycles. The van der Waals surface area contributed by atoms with Crippen molar-refractivity contribution in [3.63, 3.8) is 0 Å². The summed E-state index contributed by atoms with van der Waals surface area (Å²) in [5.74, 6) is 3.58. The summed E-state index contributed by atoms with van der Waals surface area (Å²) in [5, 5.41) is 3.29. The fraction of sp³-hybridized carbons (Fsp3) is 0.737. The van der Waals surface area contributed by atoms with Gasteiger partial charge < -0.3 is 14.6 Å². The smallest absolute Gasteiger partial charge is 0.317 e. The maximum Gasteiger partial charge on any atom is 0.317 e. The lowest BCUT2D eigenvalue weighted by molar-refractivity contribution is -0.0687. The Balaban J connectivity index is 1.39. The number of rotatable bonds is 4. The first-order chi connectivity index (χ1) is 11.0. The zero-order valence-electron chi connectivity index (χ0n) is 14.3. The second-order valence-electron chi connectivity index (χ2n) is 8.39. The van der Waals surface area contributed by atoms with E-state index in [1.807, 2.05) is 19.2 Å². The first-order valence-corrected chi connectivity index (χ1v) is 9.08. The minimum atomic E-state index is 0.0182. The van der Waals surface area contributed by atoms with E-state index in [4.69, 9.17) is 4.42 Å². The van der Waals surface area contributed by atoms with E-state index < -0.39 is 0 Å². The van der Waals surface area contributed by atoms with Crippen LogP contribution in [0.15, 0.2) is 22.8 Å². The van der Waals surface area contributed by atoms with Gasteiger partial charge in [-0.05, 0) is 80.8 Å². The highest BCUT2D eigenvalue weighted by Crippen LogP contribution is 2.61. The molecule has 4 heteroatoms. The summed E-state index contributed by atoms with van der Waals surface area (Å²) in [6.07, 6.45) is 9.95. The molecule has 4 aliphatic carbocycles. The van der Waals surface area contributed by atoms with Gasteiger partial charge in [0.2, 0.25) is 0 Å². The molecule has 1 aromatic heterocycles. The highest BCUT2D eigenvalue weighted by molar-refractivity contribution is 5.74. The van der Waals surface area contributed by atoms with Crippen molar-refractivity contribution < 1.29 is 9.21 Å². The van der Waals surface area contributed by atoms with E-state index in [0.29, 0.717) is 12.0 Å². The molecule has 23 heavy (non-hydrogen) atoms. The van der Waals surface area contributed by atoms with Gasteiger partial charge in [-0.25, -0.2) is 4.79 Å². The third-order valence-electron chi connectivity index (χ3n) is 6.66. The van der Waals surface area contributed by atoms with Crippen LogP contribution in [0.1, 0.15) is 51.2 Å². The highest BCUT2D eigenvalue weighted by atomic mass is 16.3. The summed E-state index contributed by atoms with van der Waals surface area (Å²) >= 11 is 0. The van der Waals surface area contributed by atoms with Gasteiger partial charge in [0.15, 0.2) is 0 Å². The molecule has 0 unspecified atom stereocenters. The van der Waals surface area contributed by atoms with Crippen LogP contribution in [-0.2, 0) is 6.54 Å². The van der Waals surface area contributed by atoms with Crippen LogP contribution in [0.5, 0.6) is 0 Å². The number of carbonyl (C=O) groups is 1. The fourth-order valence-electron chi connectivity index (χ4n) is 5.86. The van der Waals surface area contributed by atoms with E-state index >= 15 is 0 Å². The van der Waals surface area contributed by atoms with Gasteiger partial charge in [-0.15, -0.1) is 0 Å². The number of hydrogen-bond acceptors (Lipinski definition) is 2. The Morgan fingerprint density at radius 2 is 1.91 bits per heavy atom. The minimum absolute atomic E-state index is 0.0182. The van der Waals surface area contributed by atoms with Crippen LogP contribution in [0.4, 0.5) is 4.79 Å². The Hall–Kier alpha value is -1.45. The van der Waals surface area contributed by atoms with E-state index in [9.17, 15) is 4.79 Å². The van der Waals surface area contributed by atoms with E-state index in [1.54, 1.807) is 11.2 Å². The SMILES string of the molecule is C[C@H](NC(=O)N(C)Cc1ccco1)C12CC3CC(CC(C3)C1)C2. The summed E-state index contributed by atoms with van der Waals surface area (Å²) in [4.78, 5) is 14.3. The second kappa shape index (κ2) is 5.57. The van der Waals surface area contributed by atoms with Crippen molar-refractivity contribution in [2.45, 2.75) is 58.0 Å². The molecule has 1 heterocycles. The van der Waals surface area contributed by atoms with E-state index in [0.717, 1.165) is 23.5 Å². The van der Waals surface area contributed by atoms with Gasteiger partial charge in [-0.2, -0.15) is 0 Å². The number of nitrogens with one attached hydrogen (secondary N) is 1. The molecule has 0 saturated heterocycles. The number of nitrogens with zero attached hydrogens (tertiary/aromatic N) is 1.